The molecule has 1 N–H and O–H groups in total. The summed E-state index contributed by atoms with van der Waals surface area (Å²) in [5.41, 5.74) is 3.27. The molecule has 0 fully saturated rings. The summed E-state index contributed by atoms with van der Waals surface area (Å²) in [5, 5.41) is 3.53. The number of benzene rings is 2. The molecule has 1 atom stereocenters. The van der Waals surface area contributed by atoms with Crippen LogP contribution in [0.2, 0.25) is 5.02 Å². The van der Waals surface area contributed by atoms with Crippen molar-refractivity contribution in [3.8, 4) is 5.75 Å². The summed E-state index contributed by atoms with van der Waals surface area (Å²) >= 11 is 7.31. The Morgan fingerprint density at radius 1 is 1.23 bits per heavy atom. The predicted octanol–water partition coefficient (Wildman–Crippen LogP) is 4.28. The van der Waals surface area contributed by atoms with E-state index < -0.39 is 6.10 Å². The lowest BCUT2D eigenvalue weighted by Gasteiger charge is -2.16. The van der Waals surface area contributed by atoms with Crippen LogP contribution in [0.1, 0.15) is 18.1 Å². The van der Waals surface area contributed by atoms with Gasteiger partial charge in [0.25, 0.3) is 5.91 Å². The minimum atomic E-state index is -0.680. The van der Waals surface area contributed by atoms with Gasteiger partial charge in [0.2, 0.25) is 0 Å². The molecule has 1 heterocycles. The summed E-state index contributed by atoms with van der Waals surface area (Å²) < 4.78 is 8.17. The lowest BCUT2D eigenvalue weighted by Crippen LogP contribution is -2.30. The number of aromatic nitrogens is 1. The number of thiazole rings is 1. The maximum Gasteiger partial charge on any atom is 0.307 e. The van der Waals surface area contributed by atoms with E-state index in [1.165, 1.54) is 0 Å². The minimum Gasteiger partial charge on any atom is -0.481 e. The van der Waals surface area contributed by atoms with Crippen molar-refractivity contribution in [1.82, 2.24) is 4.57 Å². The summed E-state index contributed by atoms with van der Waals surface area (Å²) in [4.78, 5) is 24.1. The summed E-state index contributed by atoms with van der Waals surface area (Å²) in [6, 6.07) is 9.01. The van der Waals surface area contributed by atoms with Crippen LogP contribution in [0, 0.1) is 13.8 Å². The first-order chi connectivity index (χ1) is 12.3. The molecule has 0 aliphatic carbocycles. The third-order valence-corrected chi connectivity index (χ3v) is 5.74. The normalized spacial score (nSPS) is 12.2. The topological polar surface area (TPSA) is 60.3 Å². The van der Waals surface area contributed by atoms with Crippen molar-refractivity contribution >= 4 is 44.7 Å². The molecular formula is C19H19ClN2O3S. The summed E-state index contributed by atoms with van der Waals surface area (Å²) in [6.07, 6.45) is -0.680. The molecule has 1 aromatic heterocycles. The first kappa shape index (κ1) is 18.5. The number of nitrogens with zero attached hydrogens (tertiary/aromatic N) is 1. The Labute approximate surface area is 160 Å². The van der Waals surface area contributed by atoms with Crippen molar-refractivity contribution in [3.05, 3.63) is 56.1 Å². The lowest BCUT2D eigenvalue weighted by atomic mass is 10.1. The van der Waals surface area contributed by atoms with Gasteiger partial charge >= 0.3 is 4.87 Å². The number of carbonyl (C=O) groups is 1. The van der Waals surface area contributed by atoms with E-state index in [9.17, 15) is 9.59 Å². The number of hydrogen-bond donors (Lipinski definition) is 1. The molecule has 5 nitrogen and oxygen atoms in total. The fourth-order valence-electron chi connectivity index (χ4n) is 2.69. The van der Waals surface area contributed by atoms with Crippen LogP contribution >= 0.6 is 22.9 Å². The van der Waals surface area contributed by atoms with Crippen molar-refractivity contribution < 1.29 is 9.53 Å². The second-order valence-electron chi connectivity index (χ2n) is 6.23. The van der Waals surface area contributed by atoms with E-state index in [1.807, 2.05) is 32.0 Å². The van der Waals surface area contributed by atoms with Gasteiger partial charge < -0.3 is 14.6 Å². The number of anilines is 1. The highest BCUT2D eigenvalue weighted by Crippen LogP contribution is 2.27. The van der Waals surface area contributed by atoms with Crippen LogP contribution in [0.4, 0.5) is 5.69 Å². The van der Waals surface area contributed by atoms with Gasteiger partial charge in [-0.25, -0.2) is 0 Å². The highest BCUT2D eigenvalue weighted by Gasteiger charge is 2.16. The number of amides is 1. The molecule has 0 saturated carbocycles. The highest BCUT2D eigenvalue weighted by atomic mass is 35.5. The second kappa shape index (κ2) is 7.13. The van der Waals surface area contributed by atoms with Crippen LogP contribution < -0.4 is 14.9 Å². The lowest BCUT2D eigenvalue weighted by molar-refractivity contribution is -0.122. The van der Waals surface area contributed by atoms with Crippen molar-refractivity contribution in [1.29, 1.82) is 0 Å². The SMILES string of the molecule is Cc1cc(O[C@@H](C)C(=O)Nc2ccc3c(c2)sc(=O)n3C)cc(C)c1Cl. The molecule has 0 radical (unpaired) electrons. The average Bonchev–Trinajstić information content (AvgIpc) is 2.86. The van der Waals surface area contributed by atoms with Crippen molar-refractivity contribution in [2.75, 3.05) is 5.32 Å². The van der Waals surface area contributed by atoms with Crippen LogP contribution in [0.15, 0.2) is 35.1 Å². The fourth-order valence-corrected chi connectivity index (χ4v) is 3.72. The summed E-state index contributed by atoms with van der Waals surface area (Å²) in [7, 11) is 1.73. The number of fused-ring (bicyclic) bond motifs is 1. The second-order valence-corrected chi connectivity index (χ2v) is 7.60. The van der Waals surface area contributed by atoms with Gasteiger partial charge in [-0.15, -0.1) is 0 Å². The van der Waals surface area contributed by atoms with Gasteiger partial charge in [0.05, 0.1) is 10.2 Å². The third kappa shape index (κ3) is 3.61. The molecule has 0 spiro atoms. The monoisotopic (exact) mass is 390 g/mol. The molecule has 26 heavy (non-hydrogen) atoms. The molecule has 0 saturated heterocycles. The number of carbonyl (C=O) groups excluding carboxylic acids is 1. The Bertz CT molecular complexity index is 1030. The van der Waals surface area contributed by atoms with E-state index in [0.717, 1.165) is 32.7 Å². The number of hydrogen-bond acceptors (Lipinski definition) is 4. The van der Waals surface area contributed by atoms with E-state index >= 15 is 0 Å². The predicted molar refractivity (Wildman–Crippen MR) is 107 cm³/mol. The average molecular weight is 391 g/mol. The van der Waals surface area contributed by atoms with Crippen molar-refractivity contribution in [3.63, 3.8) is 0 Å². The first-order valence-corrected chi connectivity index (χ1v) is 9.29. The molecule has 136 valence electrons. The van der Waals surface area contributed by atoms with E-state index in [0.29, 0.717) is 16.5 Å². The van der Waals surface area contributed by atoms with Crippen LogP contribution in [0.5, 0.6) is 5.75 Å². The number of ether oxygens (including phenoxy) is 1. The molecule has 0 aliphatic heterocycles. The highest BCUT2D eigenvalue weighted by molar-refractivity contribution is 7.16. The Balaban J connectivity index is 1.74. The minimum absolute atomic E-state index is 0.0337. The van der Waals surface area contributed by atoms with Gasteiger partial charge in [0, 0.05) is 17.8 Å². The molecule has 0 bridgehead atoms. The molecule has 7 heteroatoms. The molecule has 1 amide bonds. The standard InChI is InChI=1S/C19H19ClN2O3S/c1-10-7-14(8-11(2)17(10)20)25-12(3)18(23)21-13-5-6-15-16(9-13)26-19(24)22(15)4/h5-9,12H,1-4H3,(H,21,23)/t12-/m0/s1. The van der Waals surface area contributed by atoms with Crippen LogP contribution in [-0.4, -0.2) is 16.6 Å². The van der Waals surface area contributed by atoms with Crippen molar-refractivity contribution in [2.24, 2.45) is 7.05 Å². The number of halogens is 1. The zero-order chi connectivity index (χ0) is 19.0. The largest absolute Gasteiger partial charge is 0.481 e. The van der Waals surface area contributed by atoms with E-state index in [4.69, 9.17) is 16.3 Å². The number of rotatable bonds is 4. The smallest absolute Gasteiger partial charge is 0.307 e. The summed E-state index contributed by atoms with van der Waals surface area (Å²) in [5.74, 6) is 0.335. The van der Waals surface area contributed by atoms with Crippen LogP contribution in [0.25, 0.3) is 10.2 Å². The molecule has 3 aromatic rings. The van der Waals surface area contributed by atoms with Crippen LogP contribution in [-0.2, 0) is 11.8 Å². The van der Waals surface area contributed by atoms with Crippen molar-refractivity contribution in [2.45, 2.75) is 26.9 Å². The van der Waals surface area contributed by atoms with E-state index in [2.05, 4.69) is 5.32 Å². The molecule has 2 aromatic carbocycles. The third-order valence-electron chi connectivity index (χ3n) is 4.15. The van der Waals surface area contributed by atoms with Gasteiger partial charge in [-0.2, -0.15) is 0 Å². The summed E-state index contributed by atoms with van der Waals surface area (Å²) in [6.45, 7) is 5.48. The van der Waals surface area contributed by atoms with Crippen LogP contribution in [0.3, 0.4) is 0 Å². The fraction of sp³-hybridized carbons (Fsp3) is 0.263. The quantitative estimate of drug-likeness (QED) is 0.723. The Kier molecular flexibility index (Phi) is 5.07. The van der Waals surface area contributed by atoms with E-state index in [-0.39, 0.29) is 10.8 Å². The zero-order valence-electron chi connectivity index (χ0n) is 14.9. The van der Waals surface area contributed by atoms with Gasteiger partial charge in [-0.05, 0) is 62.2 Å². The van der Waals surface area contributed by atoms with Gasteiger partial charge in [0.1, 0.15) is 5.75 Å². The van der Waals surface area contributed by atoms with Gasteiger partial charge in [0.15, 0.2) is 6.10 Å². The van der Waals surface area contributed by atoms with E-state index in [1.54, 1.807) is 30.7 Å². The molecule has 0 aliphatic rings. The molecule has 3 rings (SSSR count). The van der Waals surface area contributed by atoms with Gasteiger partial charge in [-0.1, -0.05) is 22.9 Å². The molecule has 0 unspecified atom stereocenters. The zero-order valence-corrected chi connectivity index (χ0v) is 16.5. The first-order valence-electron chi connectivity index (χ1n) is 8.10. The number of aryl methyl sites for hydroxylation is 3. The number of nitrogens with one attached hydrogen (secondary N) is 1. The maximum atomic E-state index is 12.4. The van der Waals surface area contributed by atoms with Gasteiger partial charge in [-0.3, -0.25) is 9.59 Å². The Hall–Kier alpha value is -2.31. The molecular weight excluding hydrogens is 372 g/mol. The Morgan fingerprint density at radius 2 is 1.88 bits per heavy atom. The Morgan fingerprint density at radius 3 is 2.54 bits per heavy atom. The maximum absolute atomic E-state index is 12.4.